The number of carbonyl (C=O) groups is 1. The lowest BCUT2D eigenvalue weighted by Gasteiger charge is -2.29. The number of rotatable bonds is 8. The summed E-state index contributed by atoms with van der Waals surface area (Å²) in [6.45, 7) is 5.10. The van der Waals surface area contributed by atoms with E-state index in [9.17, 15) is 4.79 Å². The molecule has 2 aliphatic rings. The summed E-state index contributed by atoms with van der Waals surface area (Å²) in [6.07, 6.45) is 5.17. The highest BCUT2D eigenvalue weighted by molar-refractivity contribution is 5.92. The van der Waals surface area contributed by atoms with Crippen LogP contribution >= 0.6 is 0 Å². The molecule has 2 amide bonds. The third-order valence-corrected chi connectivity index (χ3v) is 4.15. The Balaban J connectivity index is 1.40. The van der Waals surface area contributed by atoms with Gasteiger partial charge in [0.1, 0.15) is 0 Å². The van der Waals surface area contributed by atoms with Gasteiger partial charge in [0.15, 0.2) is 5.82 Å². The molecule has 0 radical (unpaired) electrons. The van der Waals surface area contributed by atoms with Gasteiger partial charge in [-0.15, -0.1) is 0 Å². The molecule has 1 aliphatic heterocycles. The monoisotopic (exact) mass is 334 g/mol. The number of hydrogen-bond donors (Lipinski definition) is 2. The fourth-order valence-electron chi connectivity index (χ4n) is 2.60. The number of pyridine rings is 1. The lowest BCUT2D eigenvalue weighted by molar-refractivity contribution is 0.122. The Bertz CT molecular complexity index is 530. The fraction of sp³-hybridized carbons (Fsp3) is 0.647. The Morgan fingerprint density at radius 1 is 1.38 bits per heavy atom. The molecule has 1 aromatic heterocycles. The first-order valence-corrected chi connectivity index (χ1v) is 8.73. The van der Waals surface area contributed by atoms with Gasteiger partial charge in [0.25, 0.3) is 0 Å². The van der Waals surface area contributed by atoms with Crippen molar-refractivity contribution in [1.29, 1.82) is 0 Å². The van der Waals surface area contributed by atoms with Crippen LogP contribution in [0.25, 0.3) is 0 Å². The van der Waals surface area contributed by atoms with E-state index >= 15 is 0 Å². The van der Waals surface area contributed by atoms with Crippen LogP contribution in [0.15, 0.2) is 18.3 Å². The zero-order valence-corrected chi connectivity index (χ0v) is 14.0. The van der Waals surface area contributed by atoms with Crippen LogP contribution in [0.4, 0.5) is 16.3 Å². The van der Waals surface area contributed by atoms with Crippen LogP contribution in [0.1, 0.15) is 19.3 Å². The average molecular weight is 334 g/mol. The van der Waals surface area contributed by atoms with E-state index in [1.54, 1.807) is 6.20 Å². The number of ether oxygens (including phenoxy) is 2. The van der Waals surface area contributed by atoms with E-state index in [4.69, 9.17) is 9.47 Å². The Morgan fingerprint density at radius 3 is 3.00 bits per heavy atom. The molecule has 2 fully saturated rings. The molecule has 1 aliphatic carbocycles. The molecule has 1 aromatic rings. The summed E-state index contributed by atoms with van der Waals surface area (Å²) < 4.78 is 10.9. The minimum atomic E-state index is -0.209. The molecule has 1 saturated heterocycles. The van der Waals surface area contributed by atoms with Gasteiger partial charge >= 0.3 is 6.03 Å². The summed E-state index contributed by atoms with van der Waals surface area (Å²) in [5, 5.41) is 5.76. The summed E-state index contributed by atoms with van der Waals surface area (Å²) in [6, 6.07) is 3.49. The summed E-state index contributed by atoms with van der Waals surface area (Å²) in [5.41, 5.74) is 0.724. The molecule has 132 valence electrons. The zero-order chi connectivity index (χ0) is 16.6. The number of nitrogens with one attached hydrogen (secondary N) is 2. The number of carbonyl (C=O) groups excluding carboxylic acids is 1. The first kappa shape index (κ1) is 17.0. The lowest BCUT2D eigenvalue weighted by atomic mass is 10.3. The molecular weight excluding hydrogens is 308 g/mol. The van der Waals surface area contributed by atoms with Crippen molar-refractivity contribution in [3.63, 3.8) is 0 Å². The van der Waals surface area contributed by atoms with E-state index in [1.165, 1.54) is 12.8 Å². The number of urea groups is 1. The predicted molar refractivity (Wildman–Crippen MR) is 92.5 cm³/mol. The second kappa shape index (κ2) is 8.84. The molecule has 0 spiro atoms. The minimum absolute atomic E-state index is 0.209. The quantitative estimate of drug-likeness (QED) is 0.710. The van der Waals surface area contributed by atoms with Crippen LogP contribution in [-0.4, -0.2) is 57.1 Å². The molecular formula is C17H26N4O3. The minimum Gasteiger partial charge on any atom is -0.381 e. The fourth-order valence-corrected chi connectivity index (χ4v) is 2.60. The van der Waals surface area contributed by atoms with E-state index in [2.05, 4.69) is 20.5 Å². The van der Waals surface area contributed by atoms with Gasteiger partial charge in [0.05, 0.1) is 18.9 Å². The van der Waals surface area contributed by atoms with Gasteiger partial charge in [0.2, 0.25) is 0 Å². The highest BCUT2D eigenvalue weighted by Crippen LogP contribution is 2.28. The highest BCUT2D eigenvalue weighted by atomic mass is 16.5. The van der Waals surface area contributed by atoms with Crippen molar-refractivity contribution in [2.24, 2.45) is 5.92 Å². The molecule has 7 heteroatoms. The largest absolute Gasteiger partial charge is 0.381 e. The van der Waals surface area contributed by atoms with Gasteiger partial charge in [-0.1, -0.05) is 0 Å². The van der Waals surface area contributed by atoms with Gasteiger partial charge in [-0.2, -0.15) is 0 Å². The molecule has 2 heterocycles. The molecule has 0 bridgehead atoms. The molecule has 7 nitrogen and oxygen atoms in total. The van der Waals surface area contributed by atoms with Crippen molar-refractivity contribution in [1.82, 2.24) is 10.3 Å². The van der Waals surface area contributed by atoms with Crippen molar-refractivity contribution >= 4 is 17.5 Å². The van der Waals surface area contributed by atoms with Crippen LogP contribution < -0.4 is 15.5 Å². The topological polar surface area (TPSA) is 75.7 Å². The molecule has 1 saturated carbocycles. The number of aromatic nitrogens is 1. The lowest BCUT2D eigenvalue weighted by Crippen LogP contribution is -2.38. The van der Waals surface area contributed by atoms with Crippen molar-refractivity contribution in [3.05, 3.63) is 18.3 Å². The Hall–Kier alpha value is -1.86. The van der Waals surface area contributed by atoms with Crippen LogP contribution in [0.3, 0.4) is 0 Å². The maximum atomic E-state index is 12.1. The molecule has 2 N–H and O–H groups in total. The smallest absolute Gasteiger partial charge is 0.319 e. The van der Waals surface area contributed by atoms with Gasteiger partial charge in [-0.3, -0.25) is 0 Å². The van der Waals surface area contributed by atoms with Crippen molar-refractivity contribution in [2.75, 3.05) is 56.3 Å². The maximum Gasteiger partial charge on any atom is 0.319 e. The number of nitrogens with zero attached hydrogens (tertiary/aromatic N) is 2. The molecule has 24 heavy (non-hydrogen) atoms. The zero-order valence-electron chi connectivity index (χ0n) is 14.0. The predicted octanol–water partition coefficient (Wildman–Crippen LogP) is 1.86. The van der Waals surface area contributed by atoms with Gasteiger partial charge in [0, 0.05) is 39.0 Å². The van der Waals surface area contributed by atoms with Crippen molar-refractivity contribution in [3.8, 4) is 0 Å². The van der Waals surface area contributed by atoms with E-state index in [-0.39, 0.29) is 6.03 Å². The standard InChI is InChI=1S/C17H26N4O3/c22-17(19-7-2-10-24-13-14-4-5-14)20-15-3-1-6-18-16(15)21-8-11-23-12-9-21/h1,3,6,14H,2,4-5,7-13H2,(H2,19,20,22). The SMILES string of the molecule is O=C(NCCCOCC1CC1)Nc1cccnc1N1CCOCC1. The van der Waals surface area contributed by atoms with Crippen LogP contribution in [-0.2, 0) is 9.47 Å². The normalized spacial score (nSPS) is 17.6. The molecule has 0 aromatic carbocycles. The second-order valence-electron chi connectivity index (χ2n) is 6.23. The van der Waals surface area contributed by atoms with E-state index in [0.717, 1.165) is 43.5 Å². The van der Waals surface area contributed by atoms with E-state index in [1.807, 2.05) is 12.1 Å². The molecule has 0 atom stereocenters. The second-order valence-corrected chi connectivity index (χ2v) is 6.23. The summed E-state index contributed by atoms with van der Waals surface area (Å²) >= 11 is 0. The maximum absolute atomic E-state index is 12.1. The first-order chi connectivity index (χ1) is 11.8. The molecule has 3 rings (SSSR count). The van der Waals surface area contributed by atoms with Crippen molar-refractivity contribution in [2.45, 2.75) is 19.3 Å². The van der Waals surface area contributed by atoms with Gasteiger partial charge in [-0.25, -0.2) is 9.78 Å². The summed E-state index contributed by atoms with van der Waals surface area (Å²) in [4.78, 5) is 18.6. The Labute approximate surface area is 142 Å². The molecule has 0 unspecified atom stereocenters. The average Bonchev–Trinajstić information content (AvgIpc) is 3.43. The Kier molecular flexibility index (Phi) is 6.26. The number of anilines is 2. The van der Waals surface area contributed by atoms with E-state index in [0.29, 0.717) is 26.4 Å². The van der Waals surface area contributed by atoms with Gasteiger partial charge in [-0.05, 0) is 37.3 Å². The third-order valence-electron chi connectivity index (χ3n) is 4.15. The summed E-state index contributed by atoms with van der Waals surface area (Å²) in [5.74, 6) is 1.58. The number of amides is 2. The third kappa shape index (κ3) is 5.35. The number of morpholine rings is 1. The van der Waals surface area contributed by atoms with Gasteiger partial charge < -0.3 is 25.0 Å². The number of hydrogen-bond acceptors (Lipinski definition) is 5. The van der Waals surface area contributed by atoms with Crippen LogP contribution in [0.2, 0.25) is 0 Å². The van der Waals surface area contributed by atoms with Crippen LogP contribution in [0.5, 0.6) is 0 Å². The van der Waals surface area contributed by atoms with Crippen LogP contribution in [0, 0.1) is 5.92 Å². The van der Waals surface area contributed by atoms with Crippen molar-refractivity contribution < 1.29 is 14.3 Å². The first-order valence-electron chi connectivity index (χ1n) is 8.73. The Morgan fingerprint density at radius 2 is 2.21 bits per heavy atom. The highest BCUT2D eigenvalue weighted by Gasteiger charge is 2.21. The summed E-state index contributed by atoms with van der Waals surface area (Å²) in [7, 11) is 0. The van der Waals surface area contributed by atoms with E-state index < -0.39 is 0 Å².